The zero-order valence-corrected chi connectivity index (χ0v) is 39.2. The molecule has 1 rings (SSSR count). The second kappa shape index (κ2) is 34.7. The molecule has 332 valence electrons. The normalized spacial score (nSPS) is 15.7. The highest BCUT2D eigenvalue weighted by atomic mass is 16.5. The molecule has 1 aliphatic heterocycles. The van der Waals surface area contributed by atoms with Crippen molar-refractivity contribution in [1.82, 2.24) is 9.80 Å². The van der Waals surface area contributed by atoms with Gasteiger partial charge in [-0.2, -0.15) is 0 Å². The fourth-order valence-electron chi connectivity index (χ4n) is 8.38. The fraction of sp³-hybridized carbons (Fsp3) is 0.960. The molecular weight excluding hydrogens is 693 g/mol. The Balaban J connectivity index is 2.25. The average molecular weight is 791 g/mol. The maximum atomic E-state index is 12.4. The van der Waals surface area contributed by atoms with Crippen LogP contribution in [-0.2, 0) is 19.1 Å². The molecule has 6 nitrogen and oxygen atoms in total. The molecule has 0 radical (unpaired) electrons. The van der Waals surface area contributed by atoms with Crippen LogP contribution in [0.2, 0.25) is 0 Å². The van der Waals surface area contributed by atoms with E-state index in [1.165, 1.54) is 142 Å². The fourth-order valence-corrected chi connectivity index (χ4v) is 8.38. The first-order valence-electron chi connectivity index (χ1n) is 24.6. The van der Waals surface area contributed by atoms with E-state index in [0.717, 1.165) is 44.4 Å². The summed E-state index contributed by atoms with van der Waals surface area (Å²) >= 11 is 0. The number of nitrogens with zero attached hydrogens (tertiary/aromatic N) is 2. The van der Waals surface area contributed by atoms with Crippen molar-refractivity contribution in [2.24, 2.45) is 41.4 Å². The van der Waals surface area contributed by atoms with Gasteiger partial charge < -0.3 is 19.3 Å². The zero-order valence-electron chi connectivity index (χ0n) is 39.2. The molecule has 0 aromatic carbocycles. The lowest BCUT2D eigenvalue weighted by molar-refractivity contribution is -0.146. The third kappa shape index (κ3) is 30.9. The lowest BCUT2D eigenvalue weighted by Gasteiger charge is -2.30. The number of carbonyl (C=O) groups is 2. The molecule has 1 heterocycles. The number of carbonyl (C=O) groups excluding carboxylic acids is 2. The Kier molecular flexibility index (Phi) is 32.8. The minimum atomic E-state index is 0.00376. The summed E-state index contributed by atoms with van der Waals surface area (Å²) in [5, 5.41) is 0. The average Bonchev–Trinajstić information content (AvgIpc) is 3.15. The van der Waals surface area contributed by atoms with Crippen LogP contribution in [0.4, 0.5) is 0 Å². The number of likely N-dealkylation sites (N-methyl/N-ethyl adjacent to an activating group) is 1. The third-order valence-electron chi connectivity index (χ3n) is 12.8. The van der Waals surface area contributed by atoms with Gasteiger partial charge >= 0.3 is 11.9 Å². The van der Waals surface area contributed by atoms with Gasteiger partial charge in [0.25, 0.3) is 0 Å². The zero-order chi connectivity index (χ0) is 41.4. The van der Waals surface area contributed by atoms with E-state index in [1.54, 1.807) is 0 Å². The van der Waals surface area contributed by atoms with Crippen LogP contribution in [0.1, 0.15) is 216 Å². The van der Waals surface area contributed by atoms with Crippen LogP contribution in [0.15, 0.2) is 0 Å². The van der Waals surface area contributed by atoms with Crippen LogP contribution < -0.4 is 0 Å². The Bertz CT molecular complexity index is 857. The molecular formula is C50H98N2O4. The van der Waals surface area contributed by atoms with Crippen molar-refractivity contribution < 1.29 is 19.1 Å². The molecule has 0 amide bonds. The van der Waals surface area contributed by atoms with Gasteiger partial charge in [-0.05, 0) is 113 Å². The number of hydrogen-bond acceptors (Lipinski definition) is 6. The summed E-state index contributed by atoms with van der Waals surface area (Å²) in [6.45, 7) is 25.5. The van der Waals surface area contributed by atoms with Crippen molar-refractivity contribution in [2.45, 2.75) is 216 Å². The van der Waals surface area contributed by atoms with E-state index < -0.39 is 0 Å². The van der Waals surface area contributed by atoms with Gasteiger partial charge in [-0.25, -0.2) is 0 Å². The number of unbranched alkanes of at least 4 members (excludes halogenated alkanes) is 12. The second-order valence-electron chi connectivity index (χ2n) is 19.9. The predicted molar refractivity (Wildman–Crippen MR) is 241 cm³/mol. The SMILES string of the molecule is CC(C)CCC(COC(=O)CCCCCCCCCC(CCCCCCCCCC(=O)OCC(CCC(C)C)C(C)C)CN(C)CCN1CCCCC1)C(C)C. The molecule has 0 aromatic rings. The van der Waals surface area contributed by atoms with Gasteiger partial charge in [0.2, 0.25) is 0 Å². The van der Waals surface area contributed by atoms with Gasteiger partial charge in [0, 0.05) is 32.5 Å². The smallest absolute Gasteiger partial charge is 0.305 e. The van der Waals surface area contributed by atoms with Gasteiger partial charge in [0.1, 0.15) is 0 Å². The molecule has 0 spiro atoms. The molecule has 2 atom stereocenters. The molecule has 0 bridgehead atoms. The summed E-state index contributed by atoms with van der Waals surface area (Å²) in [7, 11) is 2.35. The first-order valence-corrected chi connectivity index (χ1v) is 24.6. The minimum absolute atomic E-state index is 0.00376. The molecule has 0 saturated carbocycles. The lowest BCUT2D eigenvalue weighted by atomic mass is 9.89. The molecule has 0 aliphatic carbocycles. The molecule has 2 unspecified atom stereocenters. The molecule has 1 aliphatic rings. The molecule has 0 aromatic heterocycles. The second-order valence-corrected chi connectivity index (χ2v) is 19.9. The molecule has 1 saturated heterocycles. The van der Waals surface area contributed by atoms with Gasteiger partial charge in [0.05, 0.1) is 13.2 Å². The van der Waals surface area contributed by atoms with E-state index in [-0.39, 0.29) is 11.9 Å². The number of hydrogen-bond donors (Lipinski definition) is 0. The van der Waals surface area contributed by atoms with E-state index in [0.29, 0.717) is 61.6 Å². The maximum absolute atomic E-state index is 12.4. The van der Waals surface area contributed by atoms with Crippen molar-refractivity contribution in [1.29, 1.82) is 0 Å². The van der Waals surface area contributed by atoms with Crippen LogP contribution in [0, 0.1) is 41.4 Å². The summed E-state index contributed by atoms with van der Waals surface area (Å²) in [6.07, 6.45) is 30.1. The Morgan fingerprint density at radius 3 is 1.30 bits per heavy atom. The van der Waals surface area contributed by atoms with Crippen molar-refractivity contribution >= 4 is 11.9 Å². The predicted octanol–water partition coefficient (Wildman–Crippen LogP) is 13.5. The summed E-state index contributed by atoms with van der Waals surface area (Å²) in [4.78, 5) is 30.0. The molecule has 1 fully saturated rings. The monoisotopic (exact) mass is 791 g/mol. The van der Waals surface area contributed by atoms with Gasteiger partial charge in [-0.15, -0.1) is 0 Å². The van der Waals surface area contributed by atoms with E-state index in [4.69, 9.17) is 9.47 Å². The number of ether oxygens (including phenoxy) is 2. The first kappa shape index (κ1) is 52.9. The molecule has 56 heavy (non-hydrogen) atoms. The van der Waals surface area contributed by atoms with Crippen LogP contribution in [0.3, 0.4) is 0 Å². The third-order valence-corrected chi connectivity index (χ3v) is 12.8. The number of rotatable bonds is 37. The summed E-state index contributed by atoms with van der Waals surface area (Å²) in [5.74, 6) is 4.32. The largest absolute Gasteiger partial charge is 0.465 e. The number of likely N-dealkylation sites (tertiary alicyclic amines) is 1. The Morgan fingerprint density at radius 1 is 0.518 bits per heavy atom. The Labute approximate surface area is 350 Å². The Morgan fingerprint density at radius 2 is 0.911 bits per heavy atom. The first-order chi connectivity index (χ1) is 26.9. The number of esters is 2. The Hall–Kier alpha value is -1.14. The van der Waals surface area contributed by atoms with Crippen molar-refractivity contribution in [3.05, 3.63) is 0 Å². The van der Waals surface area contributed by atoms with Crippen LogP contribution in [0.25, 0.3) is 0 Å². The molecule has 6 heteroatoms. The highest BCUT2D eigenvalue weighted by Crippen LogP contribution is 2.24. The maximum Gasteiger partial charge on any atom is 0.305 e. The van der Waals surface area contributed by atoms with Crippen LogP contribution in [0.5, 0.6) is 0 Å². The highest BCUT2D eigenvalue weighted by Gasteiger charge is 2.18. The number of piperidine rings is 1. The van der Waals surface area contributed by atoms with E-state index >= 15 is 0 Å². The summed E-state index contributed by atoms with van der Waals surface area (Å²) in [6, 6.07) is 0. The lowest BCUT2D eigenvalue weighted by Crippen LogP contribution is -2.38. The van der Waals surface area contributed by atoms with Gasteiger partial charge in [0.15, 0.2) is 0 Å². The van der Waals surface area contributed by atoms with E-state index in [9.17, 15) is 9.59 Å². The van der Waals surface area contributed by atoms with Crippen LogP contribution in [-0.4, -0.2) is 74.7 Å². The van der Waals surface area contributed by atoms with Gasteiger partial charge in [-0.1, -0.05) is 152 Å². The highest BCUT2D eigenvalue weighted by molar-refractivity contribution is 5.69. The standard InChI is InChI=1S/C50H98N2O4/c1-42(2)31-33-47(44(5)6)40-55-49(53)29-23-18-14-10-12-16-21-27-46(39-51(9)37-38-52-35-25-20-26-36-52)28-22-17-13-11-15-19-24-30-50(54)56-41-48(45(7)8)34-32-43(3)4/h42-48H,10-41H2,1-9H3. The molecule has 0 N–H and O–H groups in total. The quantitative estimate of drug-likeness (QED) is 0.0461. The van der Waals surface area contributed by atoms with Crippen molar-refractivity contribution in [2.75, 3.05) is 53.0 Å². The topological polar surface area (TPSA) is 59.1 Å². The van der Waals surface area contributed by atoms with E-state index in [2.05, 4.69) is 72.2 Å². The van der Waals surface area contributed by atoms with Crippen molar-refractivity contribution in [3.8, 4) is 0 Å². The summed E-state index contributed by atoms with van der Waals surface area (Å²) < 4.78 is 11.4. The van der Waals surface area contributed by atoms with E-state index in [1.807, 2.05) is 0 Å². The van der Waals surface area contributed by atoms with Crippen molar-refractivity contribution in [3.63, 3.8) is 0 Å². The van der Waals surface area contributed by atoms with Crippen LogP contribution >= 0.6 is 0 Å². The summed E-state index contributed by atoms with van der Waals surface area (Å²) in [5.41, 5.74) is 0. The van der Waals surface area contributed by atoms with Gasteiger partial charge in [-0.3, -0.25) is 9.59 Å². The minimum Gasteiger partial charge on any atom is -0.465 e.